The number of fused-ring (bicyclic) bond motifs is 1. The van der Waals surface area contributed by atoms with Crippen LogP contribution < -0.4 is 4.90 Å². The molecule has 0 heterocycles. The van der Waals surface area contributed by atoms with Gasteiger partial charge in [0.15, 0.2) is 0 Å². The van der Waals surface area contributed by atoms with E-state index in [1.165, 1.54) is 12.1 Å². The second kappa shape index (κ2) is 6.87. The van der Waals surface area contributed by atoms with Crippen molar-refractivity contribution in [3.63, 3.8) is 0 Å². The fraction of sp³-hybridized carbons (Fsp3) is 0. The molecule has 0 aliphatic rings. The van der Waals surface area contributed by atoms with E-state index >= 15 is 0 Å². The predicted molar refractivity (Wildman–Crippen MR) is 108 cm³/mol. The molecule has 4 aromatic carbocycles. The Morgan fingerprint density at radius 2 is 1.11 bits per heavy atom. The van der Waals surface area contributed by atoms with Crippen molar-refractivity contribution in [1.29, 1.82) is 0 Å². The summed E-state index contributed by atoms with van der Waals surface area (Å²) in [7, 11) is -4.22. The molecule has 0 atom stereocenters. The first kappa shape index (κ1) is 17.3. The van der Waals surface area contributed by atoms with Crippen LogP contribution in [0.15, 0.2) is 102 Å². The Bertz CT molecular complexity index is 1150. The number of nitrogens with zero attached hydrogens (tertiary/aromatic N) is 1. The van der Waals surface area contributed by atoms with Gasteiger partial charge in [-0.05, 0) is 59.3 Å². The standard InChI is InChI=1S/C22H17NO3S/c24-27(25,26)22-14-12-17-15-21(13-11-18(17)16-22)23(19-7-3-1-4-8-19)20-9-5-2-6-10-20/h1-16H,(H,24,25,26). The van der Waals surface area contributed by atoms with E-state index in [-0.39, 0.29) is 4.90 Å². The van der Waals surface area contributed by atoms with Crippen LogP contribution in [0.25, 0.3) is 10.8 Å². The molecule has 4 nitrogen and oxygen atoms in total. The minimum atomic E-state index is -4.22. The number of rotatable bonds is 4. The van der Waals surface area contributed by atoms with Gasteiger partial charge >= 0.3 is 0 Å². The summed E-state index contributed by atoms with van der Waals surface area (Å²) in [4.78, 5) is 2.03. The summed E-state index contributed by atoms with van der Waals surface area (Å²) in [5.74, 6) is 0. The van der Waals surface area contributed by atoms with Crippen LogP contribution in [-0.4, -0.2) is 13.0 Å². The fourth-order valence-corrected chi connectivity index (χ4v) is 3.63. The van der Waals surface area contributed by atoms with Crippen molar-refractivity contribution in [1.82, 2.24) is 0 Å². The average Bonchev–Trinajstić information content (AvgIpc) is 2.69. The normalized spacial score (nSPS) is 11.4. The molecule has 0 aromatic heterocycles. The van der Waals surface area contributed by atoms with Crippen molar-refractivity contribution in [2.75, 3.05) is 4.90 Å². The zero-order chi connectivity index (χ0) is 18.9. The lowest BCUT2D eigenvalue weighted by atomic mass is 10.1. The third-order valence-electron chi connectivity index (χ3n) is 4.38. The van der Waals surface area contributed by atoms with Gasteiger partial charge in [-0.1, -0.05) is 48.5 Å². The van der Waals surface area contributed by atoms with Crippen LogP contribution in [-0.2, 0) is 10.1 Å². The van der Waals surface area contributed by atoms with Gasteiger partial charge in [-0.15, -0.1) is 0 Å². The van der Waals surface area contributed by atoms with Gasteiger partial charge in [0.05, 0.1) is 4.90 Å². The summed E-state index contributed by atoms with van der Waals surface area (Å²) in [6.07, 6.45) is 0. The Labute approximate surface area is 158 Å². The van der Waals surface area contributed by atoms with Crippen molar-refractivity contribution in [3.05, 3.63) is 97.1 Å². The molecule has 0 aliphatic heterocycles. The van der Waals surface area contributed by atoms with E-state index in [1.54, 1.807) is 6.07 Å². The second-order valence-electron chi connectivity index (χ2n) is 6.17. The lowest BCUT2D eigenvalue weighted by Crippen LogP contribution is -2.09. The summed E-state index contributed by atoms with van der Waals surface area (Å²) >= 11 is 0. The zero-order valence-electron chi connectivity index (χ0n) is 14.4. The summed E-state index contributed by atoms with van der Waals surface area (Å²) in [5, 5.41) is 1.63. The van der Waals surface area contributed by atoms with Gasteiger partial charge in [-0.25, -0.2) is 0 Å². The van der Waals surface area contributed by atoms with Crippen LogP contribution in [0.5, 0.6) is 0 Å². The lowest BCUT2D eigenvalue weighted by Gasteiger charge is -2.25. The minimum Gasteiger partial charge on any atom is -0.310 e. The van der Waals surface area contributed by atoms with Gasteiger partial charge in [0.25, 0.3) is 10.1 Å². The first-order chi connectivity index (χ1) is 13.0. The highest BCUT2D eigenvalue weighted by Crippen LogP contribution is 2.35. The predicted octanol–water partition coefficient (Wildman–Crippen LogP) is 5.56. The van der Waals surface area contributed by atoms with Crippen molar-refractivity contribution in [2.24, 2.45) is 0 Å². The number of benzene rings is 4. The van der Waals surface area contributed by atoms with Gasteiger partial charge in [0, 0.05) is 17.1 Å². The Morgan fingerprint density at radius 1 is 0.593 bits per heavy atom. The van der Waals surface area contributed by atoms with Crippen molar-refractivity contribution >= 4 is 38.0 Å². The molecule has 0 radical (unpaired) electrons. The van der Waals surface area contributed by atoms with E-state index in [1.807, 2.05) is 78.9 Å². The Balaban J connectivity index is 1.86. The Hall–Kier alpha value is -3.15. The smallest absolute Gasteiger partial charge is 0.294 e. The molecule has 4 aromatic rings. The minimum absolute atomic E-state index is 0.106. The highest BCUT2D eigenvalue weighted by Gasteiger charge is 2.14. The van der Waals surface area contributed by atoms with Crippen LogP contribution >= 0.6 is 0 Å². The highest BCUT2D eigenvalue weighted by molar-refractivity contribution is 7.85. The largest absolute Gasteiger partial charge is 0.310 e. The van der Waals surface area contributed by atoms with Gasteiger partial charge in [0.1, 0.15) is 0 Å². The van der Waals surface area contributed by atoms with Crippen LogP contribution in [0.4, 0.5) is 17.1 Å². The monoisotopic (exact) mass is 375 g/mol. The highest BCUT2D eigenvalue weighted by atomic mass is 32.2. The van der Waals surface area contributed by atoms with Crippen LogP contribution in [0.1, 0.15) is 0 Å². The average molecular weight is 375 g/mol. The summed E-state index contributed by atoms with van der Waals surface area (Å²) in [6, 6.07) is 30.5. The summed E-state index contributed by atoms with van der Waals surface area (Å²) in [6.45, 7) is 0. The zero-order valence-corrected chi connectivity index (χ0v) is 15.2. The molecule has 0 spiro atoms. The molecular formula is C22H17NO3S. The van der Waals surface area contributed by atoms with Crippen molar-refractivity contribution in [2.45, 2.75) is 4.90 Å². The van der Waals surface area contributed by atoms with E-state index in [0.717, 1.165) is 27.8 Å². The molecule has 0 fully saturated rings. The van der Waals surface area contributed by atoms with E-state index in [0.29, 0.717) is 0 Å². The number of hydrogen-bond donors (Lipinski definition) is 1. The van der Waals surface area contributed by atoms with Crippen molar-refractivity contribution in [3.8, 4) is 0 Å². The SMILES string of the molecule is O=S(=O)(O)c1ccc2cc(N(c3ccccc3)c3ccccc3)ccc2c1. The third kappa shape index (κ3) is 3.56. The van der Waals surface area contributed by atoms with Crippen LogP contribution in [0.2, 0.25) is 0 Å². The van der Waals surface area contributed by atoms with Crippen molar-refractivity contribution < 1.29 is 13.0 Å². The molecular weight excluding hydrogens is 358 g/mol. The Kier molecular flexibility index (Phi) is 4.39. The molecule has 0 bridgehead atoms. The molecule has 0 unspecified atom stereocenters. The molecule has 5 heteroatoms. The fourth-order valence-electron chi connectivity index (χ4n) is 3.11. The van der Waals surface area contributed by atoms with E-state index in [4.69, 9.17) is 0 Å². The quantitative estimate of drug-likeness (QED) is 0.475. The van der Waals surface area contributed by atoms with E-state index in [2.05, 4.69) is 4.90 Å². The molecule has 27 heavy (non-hydrogen) atoms. The van der Waals surface area contributed by atoms with Gasteiger partial charge < -0.3 is 4.90 Å². The maximum Gasteiger partial charge on any atom is 0.294 e. The van der Waals surface area contributed by atoms with Crippen LogP contribution in [0.3, 0.4) is 0 Å². The van der Waals surface area contributed by atoms with E-state index < -0.39 is 10.1 Å². The molecule has 0 amide bonds. The molecule has 0 saturated heterocycles. The van der Waals surface area contributed by atoms with Gasteiger partial charge in [0.2, 0.25) is 0 Å². The summed E-state index contributed by atoms with van der Waals surface area (Å²) in [5.41, 5.74) is 3.01. The maximum atomic E-state index is 11.4. The number of anilines is 3. The van der Waals surface area contributed by atoms with Crippen LogP contribution in [0, 0.1) is 0 Å². The number of hydrogen-bond acceptors (Lipinski definition) is 3. The Morgan fingerprint density at radius 3 is 1.67 bits per heavy atom. The molecule has 0 saturated carbocycles. The molecule has 1 N–H and O–H groups in total. The molecule has 0 aliphatic carbocycles. The third-order valence-corrected chi connectivity index (χ3v) is 5.23. The topological polar surface area (TPSA) is 57.6 Å². The van der Waals surface area contributed by atoms with E-state index in [9.17, 15) is 13.0 Å². The van der Waals surface area contributed by atoms with Gasteiger partial charge in [-0.2, -0.15) is 8.42 Å². The second-order valence-corrected chi connectivity index (χ2v) is 7.60. The first-order valence-corrected chi connectivity index (χ1v) is 9.88. The maximum absolute atomic E-state index is 11.4. The lowest BCUT2D eigenvalue weighted by molar-refractivity contribution is 0.483. The summed E-state index contributed by atoms with van der Waals surface area (Å²) < 4.78 is 32.0. The first-order valence-electron chi connectivity index (χ1n) is 8.44. The molecule has 4 rings (SSSR count). The van der Waals surface area contributed by atoms with Gasteiger partial charge in [-0.3, -0.25) is 4.55 Å². The number of para-hydroxylation sites is 2. The molecule has 134 valence electrons.